The molecule has 6 rings (SSSR count). The van der Waals surface area contributed by atoms with Crippen LogP contribution in [0.25, 0.3) is 16.8 Å². The number of amides is 2. The summed E-state index contributed by atoms with van der Waals surface area (Å²) < 4.78 is 8.75. The first-order chi connectivity index (χ1) is 18.6. The van der Waals surface area contributed by atoms with Gasteiger partial charge in [-0.15, -0.1) is 0 Å². The zero-order valence-electron chi connectivity index (χ0n) is 20.3. The van der Waals surface area contributed by atoms with Gasteiger partial charge in [0, 0.05) is 12.7 Å². The summed E-state index contributed by atoms with van der Waals surface area (Å²) in [6, 6.07) is 18.1. The molecule has 2 N–H and O–H groups in total. The van der Waals surface area contributed by atoms with E-state index in [0.717, 1.165) is 36.3 Å². The van der Waals surface area contributed by atoms with Gasteiger partial charge in [0.05, 0.1) is 17.3 Å². The van der Waals surface area contributed by atoms with Crippen LogP contribution in [0.15, 0.2) is 79.5 Å². The fraction of sp³-hybridized carbons (Fsp3) is 0.185. The molecule has 2 amide bonds. The number of hydrogen-bond acceptors (Lipinski definition) is 7. The van der Waals surface area contributed by atoms with Crippen molar-refractivity contribution in [2.75, 3.05) is 6.54 Å². The van der Waals surface area contributed by atoms with Crippen molar-refractivity contribution in [3.63, 3.8) is 0 Å². The predicted molar refractivity (Wildman–Crippen MR) is 138 cm³/mol. The van der Waals surface area contributed by atoms with Gasteiger partial charge < -0.3 is 15.4 Å². The molecule has 1 fully saturated rings. The minimum absolute atomic E-state index is 0.103. The molecule has 5 aromatic rings. The molecule has 3 aromatic heterocycles. The SMILES string of the molecule is NC(=O)c1nn2c(C3CCCCN3C(=O)n3cncn3)ccnc2c1-c1ccc(Oc2ccccc2)cc1. The Morgan fingerprint density at radius 2 is 1.76 bits per heavy atom. The summed E-state index contributed by atoms with van der Waals surface area (Å²) in [7, 11) is 0. The number of primary amides is 1. The molecule has 0 saturated carbocycles. The number of aromatic nitrogens is 6. The van der Waals surface area contributed by atoms with E-state index in [4.69, 9.17) is 10.5 Å². The summed E-state index contributed by atoms with van der Waals surface area (Å²) in [5, 5.41) is 8.59. The van der Waals surface area contributed by atoms with Crippen LogP contribution < -0.4 is 10.5 Å². The van der Waals surface area contributed by atoms with Gasteiger partial charge >= 0.3 is 6.03 Å². The largest absolute Gasteiger partial charge is 0.457 e. The van der Waals surface area contributed by atoms with E-state index in [1.165, 1.54) is 17.3 Å². The first-order valence-electron chi connectivity index (χ1n) is 12.3. The number of fused-ring (bicyclic) bond motifs is 1. The Hall–Kier alpha value is -5.06. The van der Waals surface area contributed by atoms with Crippen LogP contribution in [0.4, 0.5) is 4.79 Å². The summed E-state index contributed by atoms with van der Waals surface area (Å²) >= 11 is 0. The summed E-state index contributed by atoms with van der Waals surface area (Å²) in [5.74, 6) is 0.702. The van der Waals surface area contributed by atoms with Gasteiger partial charge in [-0.1, -0.05) is 30.3 Å². The monoisotopic (exact) mass is 508 g/mol. The number of benzene rings is 2. The smallest absolute Gasteiger partial charge is 0.346 e. The zero-order chi connectivity index (χ0) is 26.1. The minimum atomic E-state index is -0.666. The van der Waals surface area contributed by atoms with E-state index < -0.39 is 5.91 Å². The van der Waals surface area contributed by atoms with E-state index in [0.29, 0.717) is 23.5 Å². The van der Waals surface area contributed by atoms with Crippen molar-refractivity contribution >= 4 is 17.6 Å². The standard InChI is InChI=1S/C27H24N8O3/c28-25(36)24-23(18-9-11-20(12-10-18)38-19-6-2-1-3-7-19)26-30-14-13-22(35(26)32-24)21-8-4-5-15-33(21)27(37)34-17-29-16-31-34/h1-3,6-7,9-14,16-17,21H,4-5,8,15H2,(H2,28,36). The Kier molecular flexibility index (Phi) is 6.00. The number of carbonyl (C=O) groups excluding carboxylic acids is 2. The van der Waals surface area contributed by atoms with Crippen molar-refractivity contribution in [2.45, 2.75) is 25.3 Å². The third-order valence-electron chi connectivity index (χ3n) is 6.61. The molecule has 1 aliphatic heterocycles. The first kappa shape index (κ1) is 23.3. The van der Waals surface area contributed by atoms with Crippen LogP contribution in [0.3, 0.4) is 0 Å². The maximum atomic E-state index is 13.2. The lowest BCUT2D eigenvalue weighted by molar-refractivity contribution is 0.0995. The Morgan fingerprint density at radius 3 is 2.50 bits per heavy atom. The number of likely N-dealkylation sites (tertiary alicyclic amines) is 1. The maximum Gasteiger partial charge on any atom is 0.346 e. The second-order valence-electron chi connectivity index (χ2n) is 8.96. The molecule has 1 unspecified atom stereocenters. The molecule has 1 aliphatic rings. The fourth-order valence-corrected chi connectivity index (χ4v) is 4.87. The van der Waals surface area contributed by atoms with Crippen LogP contribution in [0.1, 0.15) is 41.5 Å². The molecule has 1 atom stereocenters. The van der Waals surface area contributed by atoms with E-state index in [1.807, 2.05) is 60.7 Å². The summed E-state index contributed by atoms with van der Waals surface area (Å²) in [6.07, 6.45) is 6.93. The average molecular weight is 509 g/mol. The van der Waals surface area contributed by atoms with Crippen LogP contribution >= 0.6 is 0 Å². The van der Waals surface area contributed by atoms with E-state index >= 15 is 0 Å². The van der Waals surface area contributed by atoms with Crippen molar-refractivity contribution in [2.24, 2.45) is 5.73 Å². The lowest BCUT2D eigenvalue weighted by atomic mass is 9.99. The number of rotatable bonds is 5. The number of ether oxygens (including phenoxy) is 1. The van der Waals surface area contributed by atoms with Crippen LogP contribution in [0, 0.1) is 0 Å². The highest BCUT2D eigenvalue weighted by atomic mass is 16.5. The molecule has 0 spiro atoms. The van der Waals surface area contributed by atoms with Crippen molar-refractivity contribution in [3.8, 4) is 22.6 Å². The van der Waals surface area contributed by atoms with Gasteiger partial charge in [0.25, 0.3) is 5.91 Å². The molecule has 11 nitrogen and oxygen atoms in total. The lowest BCUT2D eigenvalue weighted by Gasteiger charge is -2.35. The number of hydrogen-bond donors (Lipinski definition) is 1. The number of carbonyl (C=O) groups is 2. The van der Waals surface area contributed by atoms with Crippen molar-refractivity contribution in [1.29, 1.82) is 0 Å². The third-order valence-corrected chi connectivity index (χ3v) is 6.61. The molecule has 11 heteroatoms. The highest BCUT2D eigenvalue weighted by Crippen LogP contribution is 2.35. The number of piperidine rings is 1. The van der Waals surface area contributed by atoms with Gasteiger partial charge in [-0.2, -0.15) is 14.9 Å². The van der Waals surface area contributed by atoms with Gasteiger partial charge in [-0.3, -0.25) is 4.79 Å². The average Bonchev–Trinajstić information content (AvgIpc) is 3.63. The molecule has 2 aromatic carbocycles. The van der Waals surface area contributed by atoms with Crippen LogP contribution in [-0.4, -0.2) is 52.7 Å². The van der Waals surface area contributed by atoms with E-state index in [9.17, 15) is 9.59 Å². The number of para-hydroxylation sites is 1. The Balaban J connectivity index is 1.40. The maximum absolute atomic E-state index is 13.2. The summed E-state index contributed by atoms with van der Waals surface area (Å²) in [6.45, 7) is 0.562. The van der Waals surface area contributed by atoms with Gasteiger partial charge in [0.1, 0.15) is 24.2 Å². The highest BCUT2D eigenvalue weighted by molar-refractivity contribution is 6.02. The van der Waals surface area contributed by atoms with Gasteiger partial charge in [-0.05, 0) is 55.2 Å². The molecule has 1 saturated heterocycles. The van der Waals surface area contributed by atoms with Crippen LogP contribution in [-0.2, 0) is 0 Å². The second kappa shape index (κ2) is 9.77. The molecule has 190 valence electrons. The second-order valence-corrected chi connectivity index (χ2v) is 8.96. The van der Waals surface area contributed by atoms with Gasteiger partial charge in [0.15, 0.2) is 11.3 Å². The minimum Gasteiger partial charge on any atom is -0.457 e. The summed E-state index contributed by atoms with van der Waals surface area (Å²) in [4.78, 5) is 35.9. The van der Waals surface area contributed by atoms with Crippen molar-refractivity contribution in [3.05, 3.63) is 90.9 Å². The fourth-order valence-electron chi connectivity index (χ4n) is 4.87. The molecule has 4 heterocycles. The summed E-state index contributed by atoms with van der Waals surface area (Å²) in [5.41, 5.74) is 8.33. The Bertz CT molecular complexity index is 1600. The molecule has 0 radical (unpaired) electrons. The molecular formula is C27H24N8O3. The van der Waals surface area contributed by atoms with E-state index in [-0.39, 0.29) is 17.8 Å². The molecule has 38 heavy (non-hydrogen) atoms. The number of nitrogens with zero attached hydrogens (tertiary/aromatic N) is 7. The predicted octanol–water partition coefficient (Wildman–Crippen LogP) is 4.07. The first-order valence-corrected chi connectivity index (χ1v) is 12.3. The zero-order valence-corrected chi connectivity index (χ0v) is 20.3. The number of nitrogens with two attached hydrogens (primary N) is 1. The molecular weight excluding hydrogens is 484 g/mol. The van der Waals surface area contributed by atoms with E-state index in [2.05, 4.69) is 20.2 Å². The molecule has 0 aliphatic carbocycles. The van der Waals surface area contributed by atoms with Gasteiger partial charge in [-0.25, -0.2) is 19.3 Å². The topological polar surface area (TPSA) is 134 Å². The normalized spacial score (nSPS) is 15.5. The lowest BCUT2D eigenvalue weighted by Crippen LogP contribution is -2.41. The third kappa shape index (κ3) is 4.23. The van der Waals surface area contributed by atoms with Gasteiger partial charge in [0.2, 0.25) is 0 Å². The Morgan fingerprint density at radius 1 is 0.974 bits per heavy atom. The molecule has 0 bridgehead atoms. The van der Waals surface area contributed by atoms with E-state index in [1.54, 1.807) is 15.6 Å². The highest BCUT2D eigenvalue weighted by Gasteiger charge is 2.32. The van der Waals surface area contributed by atoms with Crippen LogP contribution in [0.5, 0.6) is 11.5 Å². The van der Waals surface area contributed by atoms with Crippen molar-refractivity contribution in [1.82, 2.24) is 34.3 Å². The quantitative estimate of drug-likeness (QED) is 0.378. The Labute approximate surface area is 217 Å². The van der Waals surface area contributed by atoms with Crippen LogP contribution in [0.2, 0.25) is 0 Å². The van der Waals surface area contributed by atoms with Crippen molar-refractivity contribution < 1.29 is 14.3 Å².